The van der Waals surface area contributed by atoms with Crippen LogP contribution in [0.5, 0.6) is 0 Å². The first-order valence-corrected chi connectivity index (χ1v) is 18.8. The second kappa shape index (κ2) is 15.8. The Balaban J connectivity index is 1.44. The van der Waals surface area contributed by atoms with E-state index in [2.05, 4.69) is 69.3 Å². The van der Waals surface area contributed by atoms with E-state index in [4.69, 9.17) is 30.9 Å². The van der Waals surface area contributed by atoms with Crippen molar-refractivity contribution >= 4 is 35.8 Å². The van der Waals surface area contributed by atoms with Gasteiger partial charge in [0, 0.05) is 24.6 Å². The normalized spacial score (nSPS) is 18.2. The van der Waals surface area contributed by atoms with Crippen LogP contribution in [0.1, 0.15) is 57.9 Å². The highest BCUT2D eigenvalue weighted by Crippen LogP contribution is 2.38. The highest BCUT2D eigenvalue weighted by molar-refractivity contribution is 7.80. The molecule has 1 aliphatic heterocycles. The fourth-order valence-electron chi connectivity index (χ4n) is 6.43. The van der Waals surface area contributed by atoms with E-state index < -0.39 is 31.9 Å². The van der Waals surface area contributed by atoms with Crippen molar-refractivity contribution in [2.75, 3.05) is 13.2 Å². The van der Waals surface area contributed by atoms with E-state index >= 15 is 0 Å². The molecular weight excluding hydrogens is 641 g/mol. The zero-order chi connectivity index (χ0) is 34.3. The third-order valence-electron chi connectivity index (χ3n) is 8.86. The molecule has 0 radical (unpaired) electrons. The summed E-state index contributed by atoms with van der Waals surface area (Å²) in [5.41, 5.74) is 0.485. The molecule has 1 aliphatic rings. The number of thiocarbonyl (C=S) groups is 1. The van der Waals surface area contributed by atoms with Gasteiger partial charge >= 0.3 is 5.69 Å². The van der Waals surface area contributed by atoms with Crippen molar-refractivity contribution < 1.29 is 18.6 Å². The van der Waals surface area contributed by atoms with Gasteiger partial charge in [0.2, 0.25) is 0 Å². The Morgan fingerprint density at radius 1 is 0.938 bits per heavy atom. The summed E-state index contributed by atoms with van der Waals surface area (Å²) in [5, 5.41) is 2.12. The van der Waals surface area contributed by atoms with Gasteiger partial charge in [-0.2, -0.15) is 0 Å². The highest BCUT2D eigenvalue weighted by Gasteiger charge is 2.51. The maximum absolute atomic E-state index is 13.8. The van der Waals surface area contributed by atoms with Gasteiger partial charge in [-0.15, -0.1) is 0 Å². The number of aromatic nitrogens is 2. The van der Waals surface area contributed by atoms with E-state index in [-0.39, 0.29) is 31.1 Å². The lowest BCUT2D eigenvalue weighted by atomic mass is 10.2. The van der Waals surface area contributed by atoms with Gasteiger partial charge in [0.15, 0.2) is 0 Å². The van der Waals surface area contributed by atoms with Crippen LogP contribution in [0.25, 0.3) is 0 Å². The van der Waals surface area contributed by atoms with Crippen LogP contribution in [0.3, 0.4) is 0 Å². The van der Waals surface area contributed by atoms with E-state index in [1.54, 1.807) is 13.1 Å². The Morgan fingerprint density at radius 2 is 1.52 bits per heavy atom. The van der Waals surface area contributed by atoms with Crippen molar-refractivity contribution in [1.82, 2.24) is 9.13 Å². The molecule has 4 aromatic rings. The number of hydrogen-bond acceptors (Lipinski definition) is 7. The molecule has 3 aromatic carbocycles. The second-order valence-electron chi connectivity index (χ2n) is 13.4. The minimum absolute atomic E-state index is 0.171. The van der Waals surface area contributed by atoms with E-state index in [0.717, 1.165) is 15.0 Å². The Labute approximate surface area is 289 Å². The number of hydrogen-bond donors (Lipinski definition) is 0. The van der Waals surface area contributed by atoms with Crippen molar-refractivity contribution in [1.29, 1.82) is 0 Å². The Kier molecular flexibility index (Phi) is 11.8. The first-order valence-electron chi connectivity index (χ1n) is 16.5. The van der Waals surface area contributed by atoms with Crippen molar-refractivity contribution in [3.63, 3.8) is 0 Å². The van der Waals surface area contributed by atoms with E-state index in [9.17, 15) is 9.59 Å². The molecule has 2 heterocycles. The van der Waals surface area contributed by atoms with E-state index in [1.165, 1.54) is 14.9 Å². The maximum atomic E-state index is 13.8. The lowest BCUT2D eigenvalue weighted by molar-refractivity contribution is -0.0590. The molecule has 8 nitrogen and oxygen atoms in total. The van der Waals surface area contributed by atoms with Crippen LogP contribution in [0.15, 0.2) is 107 Å². The lowest BCUT2D eigenvalue weighted by Crippen LogP contribution is -2.67. The molecule has 10 heteroatoms. The number of nitrogens with zero attached hydrogens (tertiary/aromatic N) is 2. The molecule has 1 fully saturated rings. The van der Waals surface area contributed by atoms with Crippen LogP contribution in [-0.4, -0.2) is 47.7 Å². The van der Waals surface area contributed by atoms with Gasteiger partial charge in [0.1, 0.15) is 19.1 Å². The van der Waals surface area contributed by atoms with Crippen LogP contribution in [0, 0.1) is 6.92 Å². The quantitative estimate of drug-likeness (QED) is 0.128. The fourth-order valence-corrected chi connectivity index (χ4v) is 11.1. The Morgan fingerprint density at radius 3 is 2.08 bits per heavy atom. The maximum Gasteiger partial charge on any atom is 0.335 e. The number of ether oxygens (including phenoxy) is 3. The minimum Gasteiger partial charge on any atom is -0.405 e. The van der Waals surface area contributed by atoms with Crippen LogP contribution in [0.4, 0.5) is 0 Å². The second-order valence-corrected chi connectivity index (χ2v) is 18.4. The molecular formula is C38H46N2O6SSi. The first-order chi connectivity index (χ1) is 23.0. The molecule has 0 saturated carbocycles. The fraction of sp³-hybridized carbons (Fsp3) is 0.395. The Bertz CT molecular complexity index is 1730. The van der Waals surface area contributed by atoms with Crippen molar-refractivity contribution in [3.8, 4) is 0 Å². The molecule has 3 atom stereocenters. The average molecular weight is 687 g/mol. The van der Waals surface area contributed by atoms with Gasteiger partial charge in [-0.1, -0.05) is 124 Å². The minimum atomic E-state index is -2.86. The monoisotopic (exact) mass is 686 g/mol. The zero-order valence-corrected chi connectivity index (χ0v) is 30.3. The summed E-state index contributed by atoms with van der Waals surface area (Å²) in [6.45, 7) is 11.1. The standard InChI is InChI=1S/C38H46N2O6SSi/c1-28-24-39(37(42)40(36(28)41)27-43-25-30-15-9-6-10-16-30)35-23-33(44-22-21-29(2)47)34(46-35)26-45-48(38(3,4)5,31-17-11-7-12-18-31)32-19-13-8-14-20-32/h6-20,24,33-35H,21-23,25-27H2,1-5H3/t33-,34+,35+/m0/s1. The van der Waals surface area contributed by atoms with Crippen molar-refractivity contribution in [3.05, 3.63) is 129 Å². The summed E-state index contributed by atoms with van der Waals surface area (Å²) >= 11 is 5.32. The van der Waals surface area contributed by atoms with Gasteiger partial charge in [-0.05, 0) is 39.7 Å². The predicted octanol–water partition coefficient (Wildman–Crippen LogP) is 5.52. The SMILES string of the molecule is CC(=S)CCO[C@H]1C[C@H](n2cc(C)c(=O)n(COCc3ccccc3)c2=O)O[C@@H]1CO[Si](c1ccccc1)(c1ccccc1)C(C)(C)C. The number of aryl methyl sites for hydroxylation is 1. The van der Waals surface area contributed by atoms with Crippen LogP contribution in [0.2, 0.25) is 5.04 Å². The molecule has 1 saturated heterocycles. The smallest absolute Gasteiger partial charge is 0.335 e. The van der Waals surface area contributed by atoms with Crippen LogP contribution >= 0.6 is 12.2 Å². The lowest BCUT2D eigenvalue weighted by Gasteiger charge is -2.43. The molecule has 48 heavy (non-hydrogen) atoms. The van der Waals surface area contributed by atoms with Crippen molar-refractivity contribution in [2.45, 2.75) is 84.3 Å². The summed E-state index contributed by atoms with van der Waals surface area (Å²) in [6, 6.07) is 30.5. The van der Waals surface area contributed by atoms with Gasteiger partial charge in [0.25, 0.3) is 13.9 Å². The summed E-state index contributed by atoms with van der Waals surface area (Å²) < 4.78 is 28.7. The molecule has 0 unspecified atom stereocenters. The highest BCUT2D eigenvalue weighted by atomic mass is 32.1. The summed E-state index contributed by atoms with van der Waals surface area (Å²) in [4.78, 5) is 27.7. The average Bonchev–Trinajstić information content (AvgIpc) is 3.47. The number of rotatable bonds is 14. The third kappa shape index (κ3) is 8.02. The molecule has 1 aromatic heterocycles. The van der Waals surface area contributed by atoms with E-state index in [0.29, 0.717) is 25.0 Å². The van der Waals surface area contributed by atoms with Gasteiger partial charge in [-0.25, -0.2) is 9.36 Å². The molecule has 254 valence electrons. The zero-order valence-electron chi connectivity index (χ0n) is 28.5. The van der Waals surface area contributed by atoms with Gasteiger partial charge in [0.05, 0.1) is 25.9 Å². The molecule has 0 N–H and O–H groups in total. The van der Waals surface area contributed by atoms with Crippen molar-refractivity contribution in [2.24, 2.45) is 0 Å². The largest absolute Gasteiger partial charge is 0.405 e. The van der Waals surface area contributed by atoms with E-state index in [1.807, 2.05) is 49.4 Å². The van der Waals surface area contributed by atoms with Gasteiger partial charge < -0.3 is 18.6 Å². The molecule has 0 bridgehead atoms. The molecule has 0 spiro atoms. The molecule has 0 amide bonds. The van der Waals surface area contributed by atoms with Crippen LogP contribution in [-0.2, 0) is 32.0 Å². The van der Waals surface area contributed by atoms with Crippen LogP contribution < -0.4 is 21.6 Å². The predicted molar refractivity (Wildman–Crippen MR) is 196 cm³/mol. The number of benzene rings is 3. The summed E-state index contributed by atoms with van der Waals surface area (Å²) in [5.74, 6) is 0. The molecule has 0 aliphatic carbocycles. The third-order valence-corrected chi connectivity index (χ3v) is 14.1. The van der Waals surface area contributed by atoms with Gasteiger partial charge in [-0.3, -0.25) is 9.36 Å². The topological polar surface area (TPSA) is 80.9 Å². The summed E-state index contributed by atoms with van der Waals surface area (Å²) in [6.07, 6.45) is 1.14. The molecule has 5 rings (SSSR count). The Hall–Kier alpha value is -3.51. The summed E-state index contributed by atoms with van der Waals surface area (Å²) in [7, 11) is -2.86. The first kappa shape index (κ1) is 35.8.